The normalized spacial score (nSPS) is 15.6. The van der Waals surface area contributed by atoms with Gasteiger partial charge in [-0.2, -0.15) is 0 Å². The van der Waals surface area contributed by atoms with E-state index < -0.39 is 0 Å². The van der Waals surface area contributed by atoms with Crippen molar-refractivity contribution in [2.75, 3.05) is 38.0 Å². The number of nitrogens with zero attached hydrogens (tertiary/aromatic N) is 3. The van der Waals surface area contributed by atoms with Gasteiger partial charge in [-0.3, -0.25) is 14.6 Å². The molecule has 2 heterocycles. The molecule has 152 valence electrons. The fourth-order valence-corrected chi connectivity index (χ4v) is 4.13. The van der Waals surface area contributed by atoms with Gasteiger partial charge in [-0.15, -0.1) is 0 Å². The van der Waals surface area contributed by atoms with E-state index in [-0.39, 0.29) is 5.91 Å². The summed E-state index contributed by atoms with van der Waals surface area (Å²) < 4.78 is 0. The molecule has 1 aliphatic rings. The number of imidazole rings is 1. The highest BCUT2D eigenvalue weighted by molar-refractivity contribution is 6.02. The van der Waals surface area contributed by atoms with Gasteiger partial charge in [-0.05, 0) is 23.6 Å². The number of hydrogen-bond donors (Lipinski definition) is 2. The van der Waals surface area contributed by atoms with Crippen LogP contribution in [0.5, 0.6) is 0 Å². The molecule has 1 amide bonds. The van der Waals surface area contributed by atoms with Crippen LogP contribution in [0.2, 0.25) is 0 Å². The SMILES string of the molecule is O=C(CN1CCN(Cc2nc3ccccc3[nH]2)CC1)Nc1cccc2ccccc12. The monoisotopic (exact) mass is 399 g/mol. The summed E-state index contributed by atoms with van der Waals surface area (Å²) in [6, 6.07) is 22.2. The van der Waals surface area contributed by atoms with Crippen LogP contribution in [0.1, 0.15) is 5.82 Å². The van der Waals surface area contributed by atoms with Gasteiger partial charge in [0.25, 0.3) is 0 Å². The quantitative estimate of drug-likeness (QED) is 0.539. The molecular weight excluding hydrogens is 374 g/mol. The van der Waals surface area contributed by atoms with E-state index in [9.17, 15) is 4.79 Å². The highest BCUT2D eigenvalue weighted by Gasteiger charge is 2.20. The number of fused-ring (bicyclic) bond motifs is 2. The average molecular weight is 399 g/mol. The third-order valence-corrected chi connectivity index (χ3v) is 5.71. The van der Waals surface area contributed by atoms with Crippen LogP contribution in [0.3, 0.4) is 0 Å². The van der Waals surface area contributed by atoms with E-state index >= 15 is 0 Å². The molecule has 5 rings (SSSR count). The Hall–Kier alpha value is -3.22. The third-order valence-electron chi connectivity index (χ3n) is 5.71. The Morgan fingerprint density at radius 3 is 2.50 bits per heavy atom. The summed E-state index contributed by atoms with van der Waals surface area (Å²) in [7, 11) is 0. The first kappa shape index (κ1) is 18.8. The summed E-state index contributed by atoms with van der Waals surface area (Å²) in [5, 5.41) is 5.30. The Morgan fingerprint density at radius 1 is 0.900 bits per heavy atom. The molecule has 0 radical (unpaired) electrons. The molecule has 0 saturated carbocycles. The van der Waals surface area contributed by atoms with Gasteiger partial charge >= 0.3 is 0 Å². The van der Waals surface area contributed by atoms with Crippen molar-refractivity contribution in [2.24, 2.45) is 0 Å². The standard InChI is InChI=1S/C24H25N5O/c30-24(27-20-11-5-7-18-6-1-2-8-19(18)20)17-29-14-12-28(13-15-29)16-23-25-21-9-3-4-10-22(21)26-23/h1-11H,12-17H2,(H,25,26)(H,27,30). The van der Waals surface area contributed by atoms with Crippen LogP contribution in [0.4, 0.5) is 5.69 Å². The zero-order chi connectivity index (χ0) is 20.3. The smallest absolute Gasteiger partial charge is 0.238 e. The molecule has 1 aliphatic heterocycles. The van der Waals surface area contributed by atoms with Crippen LogP contribution in [-0.4, -0.2) is 58.4 Å². The number of rotatable bonds is 5. The van der Waals surface area contributed by atoms with Gasteiger partial charge in [0.05, 0.1) is 24.1 Å². The van der Waals surface area contributed by atoms with Crippen molar-refractivity contribution >= 4 is 33.4 Å². The molecule has 4 aromatic rings. The third kappa shape index (κ3) is 4.06. The molecule has 0 spiro atoms. The minimum absolute atomic E-state index is 0.0390. The first-order valence-corrected chi connectivity index (χ1v) is 10.4. The molecule has 30 heavy (non-hydrogen) atoms. The Kier molecular flexibility index (Phi) is 5.17. The molecule has 1 aromatic heterocycles. The minimum atomic E-state index is 0.0390. The number of carbonyl (C=O) groups excluding carboxylic acids is 1. The highest BCUT2D eigenvalue weighted by Crippen LogP contribution is 2.23. The van der Waals surface area contributed by atoms with Crippen molar-refractivity contribution in [3.63, 3.8) is 0 Å². The molecule has 0 atom stereocenters. The van der Waals surface area contributed by atoms with Crippen LogP contribution >= 0.6 is 0 Å². The van der Waals surface area contributed by atoms with Crippen molar-refractivity contribution in [3.8, 4) is 0 Å². The molecule has 1 fully saturated rings. The Balaban J connectivity index is 1.14. The Morgan fingerprint density at radius 2 is 1.63 bits per heavy atom. The van der Waals surface area contributed by atoms with E-state index in [1.165, 1.54) is 0 Å². The van der Waals surface area contributed by atoms with Gasteiger partial charge in [0.1, 0.15) is 5.82 Å². The first-order chi connectivity index (χ1) is 14.7. The Labute approximate surface area is 175 Å². The lowest BCUT2D eigenvalue weighted by molar-refractivity contribution is -0.117. The summed E-state index contributed by atoms with van der Waals surface area (Å²) in [5.74, 6) is 1.04. The predicted molar refractivity (Wildman–Crippen MR) is 120 cm³/mol. The zero-order valence-corrected chi connectivity index (χ0v) is 16.8. The van der Waals surface area contributed by atoms with Crippen LogP contribution < -0.4 is 5.32 Å². The maximum absolute atomic E-state index is 12.6. The van der Waals surface area contributed by atoms with E-state index in [1.807, 2.05) is 48.5 Å². The maximum atomic E-state index is 12.6. The minimum Gasteiger partial charge on any atom is -0.341 e. The van der Waals surface area contributed by atoms with Crippen LogP contribution in [0.15, 0.2) is 66.7 Å². The van der Waals surface area contributed by atoms with Crippen LogP contribution in [-0.2, 0) is 11.3 Å². The summed E-state index contributed by atoms with van der Waals surface area (Å²) >= 11 is 0. The molecule has 6 nitrogen and oxygen atoms in total. The lowest BCUT2D eigenvalue weighted by atomic mass is 10.1. The fraction of sp³-hybridized carbons (Fsp3) is 0.250. The van der Waals surface area contributed by atoms with Crippen molar-refractivity contribution in [3.05, 3.63) is 72.6 Å². The van der Waals surface area contributed by atoms with Gasteiger partial charge in [0.15, 0.2) is 0 Å². The molecule has 3 aromatic carbocycles. The number of aromatic amines is 1. The molecule has 0 bridgehead atoms. The summed E-state index contributed by atoms with van der Waals surface area (Å²) in [5.41, 5.74) is 2.97. The van der Waals surface area contributed by atoms with Crippen LogP contribution in [0, 0.1) is 0 Å². The number of H-pyrrole nitrogens is 1. The van der Waals surface area contributed by atoms with E-state index in [2.05, 4.69) is 43.3 Å². The largest absolute Gasteiger partial charge is 0.341 e. The number of nitrogens with one attached hydrogen (secondary N) is 2. The van der Waals surface area contributed by atoms with Crippen molar-refractivity contribution in [2.45, 2.75) is 6.54 Å². The maximum Gasteiger partial charge on any atom is 0.238 e. The summed E-state index contributed by atoms with van der Waals surface area (Å²) in [6.07, 6.45) is 0. The van der Waals surface area contributed by atoms with Gasteiger partial charge in [-0.1, -0.05) is 48.5 Å². The number of anilines is 1. The fourth-order valence-electron chi connectivity index (χ4n) is 4.13. The average Bonchev–Trinajstić information content (AvgIpc) is 3.18. The van der Waals surface area contributed by atoms with Gasteiger partial charge in [0, 0.05) is 37.3 Å². The zero-order valence-electron chi connectivity index (χ0n) is 16.8. The summed E-state index contributed by atoms with van der Waals surface area (Å²) in [4.78, 5) is 25.3. The lowest BCUT2D eigenvalue weighted by Crippen LogP contribution is -2.48. The van der Waals surface area contributed by atoms with Crippen LogP contribution in [0.25, 0.3) is 21.8 Å². The number of benzene rings is 3. The van der Waals surface area contributed by atoms with E-state index in [1.54, 1.807) is 0 Å². The number of amides is 1. The van der Waals surface area contributed by atoms with E-state index in [0.29, 0.717) is 6.54 Å². The van der Waals surface area contributed by atoms with E-state index in [4.69, 9.17) is 0 Å². The van der Waals surface area contributed by atoms with Gasteiger partial charge in [0.2, 0.25) is 5.91 Å². The predicted octanol–water partition coefficient (Wildman–Crippen LogP) is 3.47. The van der Waals surface area contributed by atoms with Gasteiger partial charge < -0.3 is 10.3 Å². The van der Waals surface area contributed by atoms with E-state index in [0.717, 1.165) is 66.0 Å². The second-order valence-corrected chi connectivity index (χ2v) is 7.83. The summed E-state index contributed by atoms with van der Waals surface area (Å²) in [6.45, 7) is 4.84. The number of piperazine rings is 1. The number of para-hydroxylation sites is 2. The Bertz CT molecular complexity index is 1140. The lowest BCUT2D eigenvalue weighted by Gasteiger charge is -2.33. The molecule has 0 aliphatic carbocycles. The molecule has 0 unspecified atom stereocenters. The highest BCUT2D eigenvalue weighted by atomic mass is 16.2. The topological polar surface area (TPSA) is 64.3 Å². The second-order valence-electron chi connectivity index (χ2n) is 7.83. The number of carbonyl (C=O) groups is 1. The molecule has 1 saturated heterocycles. The molecule has 6 heteroatoms. The number of hydrogen-bond acceptors (Lipinski definition) is 4. The van der Waals surface area contributed by atoms with Gasteiger partial charge in [-0.25, -0.2) is 4.98 Å². The number of aromatic nitrogens is 2. The van der Waals surface area contributed by atoms with Crippen molar-refractivity contribution in [1.82, 2.24) is 19.8 Å². The first-order valence-electron chi connectivity index (χ1n) is 10.4. The molecule has 2 N–H and O–H groups in total. The molecular formula is C24H25N5O. The van der Waals surface area contributed by atoms with Crippen molar-refractivity contribution < 1.29 is 4.79 Å². The second kappa shape index (κ2) is 8.26. The van der Waals surface area contributed by atoms with Crippen molar-refractivity contribution in [1.29, 1.82) is 0 Å².